The Balaban J connectivity index is 2.68. The van der Waals surface area contributed by atoms with Crippen LogP contribution in [0.3, 0.4) is 0 Å². The molecule has 1 heterocycles. The minimum absolute atomic E-state index is 0.200. The molecule has 0 saturated heterocycles. The van der Waals surface area contributed by atoms with Crippen molar-refractivity contribution in [3.05, 3.63) is 22.3 Å². The second kappa shape index (κ2) is 6.04. The molecule has 2 rings (SSSR count). The number of aromatic carboxylic acids is 1. The highest BCUT2D eigenvalue weighted by molar-refractivity contribution is 9.10. The summed E-state index contributed by atoms with van der Waals surface area (Å²) >= 11 is 3.39. The Bertz CT molecular complexity index is 682. The maximum absolute atomic E-state index is 10.9. The van der Waals surface area contributed by atoms with E-state index in [4.69, 9.17) is 23.8 Å². The van der Waals surface area contributed by atoms with Crippen LogP contribution in [0.1, 0.15) is 10.5 Å². The van der Waals surface area contributed by atoms with Gasteiger partial charge in [0.1, 0.15) is 5.75 Å². The van der Waals surface area contributed by atoms with Crippen LogP contribution in [0.4, 0.5) is 0 Å². The second-order valence-corrected chi connectivity index (χ2v) is 4.68. The molecule has 0 aliphatic rings. The molecule has 1 aromatic carbocycles. The number of carboxylic acid groups (broad SMARTS) is 1. The van der Waals surface area contributed by atoms with Crippen LogP contribution >= 0.6 is 15.9 Å². The van der Waals surface area contributed by atoms with Crippen LogP contribution in [-0.2, 0) is 0 Å². The van der Waals surface area contributed by atoms with Gasteiger partial charge in [0, 0.05) is 12.1 Å². The molecule has 2 aromatic rings. The Morgan fingerprint density at radius 3 is 2.33 bits per heavy atom. The Morgan fingerprint density at radius 1 is 1.19 bits per heavy atom. The predicted molar refractivity (Wildman–Crippen MR) is 76.3 cm³/mol. The lowest BCUT2D eigenvalue weighted by molar-refractivity contribution is 0.0686. The molecule has 112 valence electrons. The molecule has 7 nitrogen and oxygen atoms in total. The number of halogens is 1. The third-order valence-corrected chi connectivity index (χ3v) is 3.53. The standard InChI is InChI=1S/C13H12BrNO6/c1-18-7-5-9(19-2)12(20-3)11(14)10(7)8-4-6(13(16)17)15-21-8/h4-5H,1-3H3,(H,16,17). The van der Waals surface area contributed by atoms with Crippen LogP contribution in [0.15, 0.2) is 21.1 Å². The van der Waals surface area contributed by atoms with Gasteiger partial charge >= 0.3 is 5.97 Å². The molecule has 21 heavy (non-hydrogen) atoms. The van der Waals surface area contributed by atoms with Crippen LogP contribution in [0.25, 0.3) is 11.3 Å². The number of carbonyl (C=O) groups is 1. The van der Waals surface area contributed by atoms with Gasteiger partial charge in [-0.25, -0.2) is 4.79 Å². The zero-order valence-electron chi connectivity index (χ0n) is 11.5. The summed E-state index contributed by atoms with van der Waals surface area (Å²) in [5.74, 6) is 0.370. The van der Waals surface area contributed by atoms with E-state index >= 15 is 0 Å². The van der Waals surface area contributed by atoms with E-state index in [0.29, 0.717) is 27.3 Å². The van der Waals surface area contributed by atoms with Crippen molar-refractivity contribution in [1.82, 2.24) is 5.16 Å². The number of nitrogens with zero attached hydrogens (tertiary/aromatic N) is 1. The molecule has 0 radical (unpaired) electrons. The number of benzene rings is 1. The number of rotatable bonds is 5. The van der Waals surface area contributed by atoms with Crippen LogP contribution < -0.4 is 14.2 Å². The van der Waals surface area contributed by atoms with E-state index in [0.717, 1.165) is 0 Å². The lowest BCUT2D eigenvalue weighted by atomic mass is 10.1. The summed E-state index contributed by atoms with van der Waals surface area (Å²) < 4.78 is 21.4. The van der Waals surface area contributed by atoms with Crippen LogP contribution in [-0.4, -0.2) is 37.6 Å². The van der Waals surface area contributed by atoms with Gasteiger partial charge in [0.15, 0.2) is 23.0 Å². The Kier molecular flexibility index (Phi) is 4.37. The van der Waals surface area contributed by atoms with Crippen LogP contribution in [0.5, 0.6) is 17.2 Å². The van der Waals surface area contributed by atoms with Crippen LogP contribution in [0, 0.1) is 0 Å². The second-order valence-electron chi connectivity index (χ2n) is 3.88. The molecule has 0 atom stereocenters. The number of ether oxygens (including phenoxy) is 3. The quantitative estimate of drug-likeness (QED) is 0.879. The minimum atomic E-state index is -1.18. The summed E-state index contributed by atoms with van der Waals surface area (Å²) in [6.45, 7) is 0. The van der Waals surface area contributed by atoms with E-state index in [1.54, 1.807) is 6.07 Å². The average Bonchev–Trinajstić information content (AvgIpc) is 2.95. The first kappa shape index (κ1) is 15.2. The Hall–Kier alpha value is -2.22. The molecule has 0 aliphatic carbocycles. The summed E-state index contributed by atoms with van der Waals surface area (Å²) in [5, 5.41) is 12.4. The van der Waals surface area contributed by atoms with Crippen molar-refractivity contribution in [1.29, 1.82) is 0 Å². The minimum Gasteiger partial charge on any atom is -0.496 e. The highest BCUT2D eigenvalue weighted by Crippen LogP contribution is 2.47. The van der Waals surface area contributed by atoms with E-state index in [1.165, 1.54) is 27.4 Å². The van der Waals surface area contributed by atoms with E-state index in [1.807, 2.05) is 0 Å². The van der Waals surface area contributed by atoms with Crippen molar-refractivity contribution in [2.24, 2.45) is 0 Å². The predicted octanol–water partition coefficient (Wildman–Crippen LogP) is 2.83. The van der Waals surface area contributed by atoms with Crippen molar-refractivity contribution >= 4 is 21.9 Å². The van der Waals surface area contributed by atoms with E-state index in [-0.39, 0.29) is 11.5 Å². The zero-order chi connectivity index (χ0) is 15.6. The molecule has 0 aliphatic heterocycles. The monoisotopic (exact) mass is 357 g/mol. The molecule has 0 fully saturated rings. The molecule has 0 spiro atoms. The molecular formula is C13H12BrNO6. The van der Waals surface area contributed by atoms with Gasteiger partial charge in [-0.2, -0.15) is 0 Å². The van der Waals surface area contributed by atoms with Gasteiger partial charge < -0.3 is 23.8 Å². The smallest absolute Gasteiger partial charge is 0.358 e. The lowest BCUT2D eigenvalue weighted by Crippen LogP contribution is -1.97. The van der Waals surface area contributed by atoms with Crippen molar-refractivity contribution < 1.29 is 28.6 Å². The summed E-state index contributed by atoms with van der Waals surface area (Å²) in [5.41, 5.74) is 0.281. The third kappa shape index (κ3) is 2.66. The summed E-state index contributed by atoms with van der Waals surface area (Å²) in [4.78, 5) is 10.9. The lowest BCUT2D eigenvalue weighted by Gasteiger charge is -2.15. The first-order valence-corrected chi connectivity index (χ1v) is 6.51. The van der Waals surface area contributed by atoms with Gasteiger partial charge in [-0.3, -0.25) is 0 Å². The normalized spacial score (nSPS) is 10.3. The van der Waals surface area contributed by atoms with E-state index in [2.05, 4.69) is 21.1 Å². The van der Waals surface area contributed by atoms with Gasteiger partial charge in [-0.1, -0.05) is 5.16 Å². The van der Waals surface area contributed by atoms with Crippen LogP contribution in [0.2, 0.25) is 0 Å². The van der Waals surface area contributed by atoms with Crippen molar-refractivity contribution in [2.45, 2.75) is 0 Å². The summed E-state index contributed by atoms with van der Waals surface area (Å²) in [6, 6.07) is 2.92. The molecular weight excluding hydrogens is 346 g/mol. The molecule has 0 saturated carbocycles. The van der Waals surface area contributed by atoms with Gasteiger partial charge in [0.05, 0.1) is 31.4 Å². The first-order valence-electron chi connectivity index (χ1n) is 5.72. The number of carboxylic acids is 1. The van der Waals surface area contributed by atoms with Crippen molar-refractivity contribution in [3.8, 4) is 28.6 Å². The summed E-state index contributed by atoms with van der Waals surface area (Å²) in [7, 11) is 4.47. The zero-order valence-corrected chi connectivity index (χ0v) is 13.1. The molecule has 1 N–H and O–H groups in total. The number of methoxy groups -OCH3 is 3. The fourth-order valence-electron chi connectivity index (χ4n) is 1.81. The maximum Gasteiger partial charge on any atom is 0.358 e. The van der Waals surface area contributed by atoms with Crippen molar-refractivity contribution in [3.63, 3.8) is 0 Å². The first-order chi connectivity index (χ1) is 10.0. The molecule has 0 amide bonds. The average molecular weight is 358 g/mol. The SMILES string of the molecule is COc1cc(OC)c(-c2cc(C(=O)O)no2)c(Br)c1OC. The van der Waals surface area contributed by atoms with Gasteiger partial charge in [-0.15, -0.1) is 0 Å². The fraction of sp³-hybridized carbons (Fsp3) is 0.231. The summed E-state index contributed by atoms with van der Waals surface area (Å²) in [6.07, 6.45) is 0. The van der Waals surface area contributed by atoms with Gasteiger partial charge in [0.2, 0.25) is 0 Å². The molecule has 0 unspecified atom stereocenters. The van der Waals surface area contributed by atoms with E-state index in [9.17, 15) is 4.79 Å². The number of hydrogen-bond acceptors (Lipinski definition) is 6. The maximum atomic E-state index is 10.9. The van der Waals surface area contributed by atoms with Gasteiger partial charge in [0.25, 0.3) is 0 Å². The molecule has 8 heteroatoms. The number of hydrogen-bond donors (Lipinski definition) is 1. The van der Waals surface area contributed by atoms with E-state index < -0.39 is 5.97 Å². The van der Waals surface area contributed by atoms with Crippen molar-refractivity contribution in [2.75, 3.05) is 21.3 Å². The largest absolute Gasteiger partial charge is 0.496 e. The molecule has 0 bridgehead atoms. The Morgan fingerprint density at radius 2 is 1.86 bits per heavy atom. The molecule has 1 aromatic heterocycles. The topological polar surface area (TPSA) is 91.0 Å². The highest BCUT2D eigenvalue weighted by Gasteiger charge is 2.24. The highest BCUT2D eigenvalue weighted by atomic mass is 79.9. The Labute approximate surface area is 128 Å². The van der Waals surface area contributed by atoms with Gasteiger partial charge in [-0.05, 0) is 15.9 Å². The third-order valence-electron chi connectivity index (χ3n) is 2.77. The fourth-order valence-corrected chi connectivity index (χ4v) is 2.56. The number of aromatic nitrogens is 1.